The molecular weight excluding hydrogens is 230 g/mol. The second-order valence-corrected chi connectivity index (χ2v) is 3.53. The molecule has 1 fully saturated rings. The first-order chi connectivity index (χ1) is 8.00. The van der Waals surface area contributed by atoms with E-state index in [1.165, 1.54) is 6.08 Å². The molecule has 94 valence electrons. The average molecular weight is 243 g/mol. The van der Waals surface area contributed by atoms with Gasteiger partial charge in [0, 0.05) is 6.54 Å². The standard InChI is InChI=1S/C10H13NO6/c1-2-3-11-7(12)4-10(5-8(13)14)9(15)16-6-17-10/h2H,1,3-6H2,(H,11,12)(H,13,14). The first-order valence-electron chi connectivity index (χ1n) is 4.91. The molecule has 17 heavy (non-hydrogen) atoms. The summed E-state index contributed by atoms with van der Waals surface area (Å²) in [7, 11) is 0. The lowest BCUT2D eigenvalue weighted by Gasteiger charge is -2.20. The lowest BCUT2D eigenvalue weighted by Crippen LogP contribution is -2.43. The highest BCUT2D eigenvalue weighted by molar-refractivity contribution is 5.92. The van der Waals surface area contributed by atoms with E-state index in [2.05, 4.69) is 16.6 Å². The summed E-state index contributed by atoms with van der Waals surface area (Å²) in [5, 5.41) is 11.2. The summed E-state index contributed by atoms with van der Waals surface area (Å²) in [6.07, 6.45) is 0.481. The molecule has 0 aromatic heterocycles. The number of rotatable bonds is 6. The van der Waals surface area contributed by atoms with Gasteiger partial charge in [-0.1, -0.05) is 6.08 Å². The number of carbonyl (C=O) groups is 3. The van der Waals surface area contributed by atoms with Crippen molar-refractivity contribution in [3.05, 3.63) is 12.7 Å². The zero-order valence-corrected chi connectivity index (χ0v) is 9.10. The summed E-state index contributed by atoms with van der Waals surface area (Å²) in [6, 6.07) is 0. The third kappa shape index (κ3) is 3.28. The Morgan fingerprint density at radius 2 is 2.24 bits per heavy atom. The molecule has 1 aliphatic heterocycles. The van der Waals surface area contributed by atoms with Crippen LogP contribution in [0, 0.1) is 0 Å². The summed E-state index contributed by atoms with van der Waals surface area (Å²) < 4.78 is 9.53. The number of carboxylic acid groups (broad SMARTS) is 1. The average Bonchev–Trinajstić information content (AvgIpc) is 2.56. The molecular formula is C10H13NO6. The topological polar surface area (TPSA) is 102 Å². The van der Waals surface area contributed by atoms with Crippen LogP contribution in [0.3, 0.4) is 0 Å². The molecule has 1 amide bonds. The van der Waals surface area contributed by atoms with Crippen LogP contribution in [-0.2, 0) is 23.9 Å². The lowest BCUT2D eigenvalue weighted by molar-refractivity contribution is -0.154. The summed E-state index contributed by atoms with van der Waals surface area (Å²) in [6.45, 7) is 3.31. The molecule has 2 N–H and O–H groups in total. The first kappa shape index (κ1) is 13.2. The molecule has 1 heterocycles. The van der Waals surface area contributed by atoms with Crippen LogP contribution < -0.4 is 5.32 Å². The van der Waals surface area contributed by atoms with Crippen molar-refractivity contribution in [2.45, 2.75) is 18.4 Å². The monoisotopic (exact) mass is 243 g/mol. The Hall–Kier alpha value is -1.89. The third-order valence-electron chi connectivity index (χ3n) is 2.22. The number of amides is 1. The SMILES string of the molecule is C=CCNC(=O)CC1(CC(=O)O)OCOC1=O. The van der Waals surface area contributed by atoms with E-state index < -0.39 is 29.9 Å². The van der Waals surface area contributed by atoms with Gasteiger partial charge in [-0.05, 0) is 0 Å². The van der Waals surface area contributed by atoms with Crippen LogP contribution in [0.4, 0.5) is 0 Å². The van der Waals surface area contributed by atoms with Gasteiger partial charge in [0.15, 0.2) is 12.4 Å². The quantitative estimate of drug-likeness (QED) is 0.478. The van der Waals surface area contributed by atoms with Crippen LogP contribution in [0.15, 0.2) is 12.7 Å². The van der Waals surface area contributed by atoms with Crippen molar-refractivity contribution < 1.29 is 29.0 Å². The molecule has 0 aromatic carbocycles. The predicted octanol–water partition coefficient (Wildman–Crippen LogP) is -0.577. The van der Waals surface area contributed by atoms with Gasteiger partial charge in [0.2, 0.25) is 5.91 Å². The van der Waals surface area contributed by atoms with Gasteiger partial charge in [0.25, 0.3) is 0 Å². The fraction of sp³-hybridized carbons (Fsp3) is 0.500. The number of hydrogen-bond donors (Lipinski definition) is 2. The molecule has 0 aliphatic carbocycles. The van der Waals surface area contributed by atoms with E-state index in [1.54, 1.807) is 0 Å². The number of esters is 1. The zero-order valence-electron chi connectivity index (χ0n) is 9.10. The largest absolute Gasteiger partial charge is 0.481 e. The Balaban J connectivity index is 2.70. The lowest BCUT2D eigenvalue weighted by atomic mass is 9.95. The van der Waals surface area contributed by atoms with E-state index in [-0.39, 0.29) is 19.8 Å². The summed E-state index contributed by atoms with van der Waals surface area (Å²) >= 11 is 0. The molecule has 1 aliphatic rings. The van der Waals surface area contributed by atoms with Crippen molar-refractivity contribution in [1.82, 2.24) is 5.32 Å². The van der Waals surface area contributed by atoms with Crippen LogP contribution >= 0.6 is 0 Å². The van der Waals surface area contributed by atoms with Crippen LogP contribution in [-0.4, -0.2) is 41.9 Å². The first-order valence-corrected chi connectivity index (χ1v) is 4.91. The number of aliphatic carboxylic acids is 1. The fourth-order valence-corrected chi connectivity index (χ4v) is 1.45. The molecule has 7 nitrogen and oxygen atoms in total. The zero-order chi connectivity index (χ0) is 12.9. The van der Waals surface area contributed by atoms with Gasteiger partial charge in [-0.25, -0.2) is 4.79 Å². The number of cyclic esters (lactones) is 1. The van der Waals surface area contributed by atoms with Gasteiger partial charge < -0.3 is 19.9 Å². The second kappa shape index (κ2) is 5.44. The second-order valence-electron chi connectivity index (χ2n) is 3.53. The molecule has 0 radical (unpaired) electrons. The number of nitrogens with one attached hydrogen (secondary N) is 1. The van der Waals surface area contributed by atoms with Crippen molar-refractivity contribution >= 4 is 17.8 Å². The minimum atomic E-state index is -1.71. The highest BCUT2D eigenvalue weighted by Gasteiger charge is 2.49. The summed E-state index contributed by atoms with van der Waals surface area (Å²) in [5.74, 6) is -2.56. The highest BCUT2D eigenvalue weighted by Crippen LogP contribution is 2.28. The molecule has 0 spiro atoms. The predicted molar refractivity (Wildman–Crippen MR) is 54.9 cm³/mol. The summed E-state index contributed by atoms with van der Waals surface area (Å²) in [5.41, 5.74) is -1.71. The molecule has 0 saturated carbocycles. The molecule has 1 rings (SSSR count). The van der Waals surface area contributed by atoms with Crippen LogP contribution in [0.1, 0.15) is 12.8 Å². The Kier molecular flexibility index (Phi) is 4.22. The third-order valence-corrected chi connectivity index (χ3v) is 2.22. The Labute approximate surface area is 97.4 Å². The molecule has 1 saturated heterocycles. The van der Waals surface area contributed by atoms with Crippen LogP contribution in [0.25, 0.3) is 0 Å². The van der Waals surface area contributed by atoms with Crippen LogP contribution in [0.5, 0.6) is 0 Å². The van der Waals surface area contributed by atoms with Crippen molar-refractivity contribution in [3.63, 3.8) is 0 Å². The minimum absolute atomic E-state index is 0.233. The Morgan fingerprint density at radius 1 is 1.53 bits per heavy atom. The van der Waals surface area contributed by atoms with E-state index in [1.807, 2.05) is 0 Å². The van der Waals surface area contributed by atoms with E-state index >= 15 is 0 Å². The minimum Gasteiger partial charge on any atom is -0.481 e. The van der Waals surface area contributed by atoms with E-state index in [0.717, 1.165) is 0 Å². The maximum atomic E-state index is 11.5. The number of carbonyl (C=O) groups excluding carboxylic acids is 2. The Morgan fingerprint density at radius 3 is 2.71 bits per heavy atom. The highest BCUT2D eigenvalue weighted by atomic mass is 16.7. The van der Waals surface area contributed by atoms with Crippen molar-refractivity contribution in [2.24, 2.45) is 0 Å². The van der Waals surface area contributed by atoms with Gasteiger partial charge in [0.1, 0.15) is 0 Å². The van der Waals surface area contributed by atoms with Crippen molar-refractivity contribution in [2.75, 3.05) is 13.3 Å². The van der Waals surface area contributed by atoms with Gasteiger partial charge >= 0.3 is 11.9 Å². The van der Waals surface area contributed by atoms with Gasteiger partial charge in [-0.3, -0.25) is 9.59 Å². The molecule has 1 atom stereocenters. The smallest absolute Gasteiger partial charge is 0.341 e. The Bertz CT molecular complexity index is 353. The van der Waals surface area contributed by atoms with E-state index in [4.69, 9.17) is 9.84 Å². The summed E-state index contributed by atoms with van der Waals surface area (Å²) in [4.78, 5) is 33.5. The van der Waals surface area contributed by atoms with Gasteiger partial charge in [-0.15, -0.1) is 6.58 Å². The van der Waals surface area contributed by atoms with E-state index in [9.17, 15) is 14.4 Å². The van der Waals surface area contributed by atoms with Crippen molar-refractivity contribution in [1.29, 1.82) is 0 Å². The van der Waals surface area contributed by atoms with E-state index in [0.29, 0.717) is 0 Å². The maximum absolute atomic E-state index is 11.5. The molecule has 0 bridgehead atoms. The maximum Gasteiger partial charge on any atom is 0.341 e. The fourth-order valence-electron chi connectivity index (χ4n) is 1.45. The number of hydrogen-bond acceptors (Lipinski definition) is 5. The number of ether oxygens (including phenoxy) is 2. The normalized spacial score (nSPS) is 22.9. The van der Waals surface area contributed by atoms with Crippen LogP contribution in [0.2, 0.25) is 0 Å². The van der Waals surface area contributed by atoms with Gasteiger partial charge in [-0.2, -0.15) is 0 Å². The van der Waals surface area contributed by atoms with Gasteiger partial charge in [0.05, 0.1) is 12.8 Å². The molecule has 7 heteroatoms. The molecule has 1 unspecified atom stereocenters. The number of carboxylic acids is 1. The molecule has 0 aromatic rings. The van der Waals surface area contributed by atoms with Crippen molar-refractivity contribution in [3.8, 4) is 0 Å².